The van der Waals surface area contributed by atoms with Gasteiger partial charge in [-0.25, -0.2) is 4.79 Å². The number of hydrogen-bond acceptors (Lipinski definition) is 4. The Bertz CT molecular complexity index is 446. The van der Waals surface area contributed by atoms with Crippen molar-refractivity contribution in [3.63, 3.8) is 0 Å². The largest absolute Gasteiger partial charge is 0.477 e. The van der Waals surface area contributed by atoms with Crippen LogP contribution in [0.5, 0.6) is 0 Å². The Balaban J connectivity index is 2.07. The number of aliphatic carboxylic acids is 1. The maximum atomic E-state index is 12.0. The summed E-state index contributed by atoms with van der Waals surface area (Å²) >= 11 is 1.55. The fraction of sp³-hybridized carbons (Fsp3) is 0.714. The summed E-state index contributed by atoms with van der Waals surface area (Å²) in [5.41, 5.74) is 0.137. The first kappa shape index (κ1) is 15.4. The molecule has 2 aliphatic heterocycles. The van der Waals surface area contributed by atoms with Crippen molar-refractivity contribution in [2.75, 3.05) is 5.75 Å². The van der Waals surface area contributed by atoms with Crippen molar-refractivity contribution in [3.05, 3.63) is 10.6 Å². The summed E-state index contributed by atoms with van der Waals surface area (Å²) in [6.07, 6.45) is 3.16. The molecule has 5 nitrogen and oxygen atoms in total. The number of carbonyl (C=O) groups excluding carboxylic acids is 1. The lowest BCUT2D eigenvalue weighted by molar-refractivity contribution is -0.161. The number of carboxylic acid groups (broad SMARTS) is 1. The highest BCUT2D eigenvalue weighted by atomic mass is 32.2. The van der Waals surface area contributed by atoms with E-state index in [9.17, 15) is 19.8 Å². The standard InChI is InChI=1S/C14H21NO4S/c1-3-4-5-6-20-10-7-9-11(8(2)16)13(17)15(9)12(10)14(18)19/h8-9,11,16H,3-7H2,1-2H3,(H,18,19). The summed E-state index contributed by atoms with van der Waals surface area (Å²) < 4.78 is 0. The average molecular weight is 299 g/mol. The molecule has 6 heteroatoms. The van der Waals surface area contributed by atoms with Crippen molar-refractivity contribution in [2.24, 2.45) is 5.92 Å². The van der Waals surface area contributed by atoms with Crippen LogP contribution in [0.1, 0.15) is 39.5 Å². The van der Waals surface area contributed by atoms with Gasteiger partial charge in [0.1, 0.15) is 5.70 Å². The zero-order chi connectivity index (χ0) is 14.9. The van der Waals surface area contributed by atoms with E-state index in [0.717, 1.165) is 29.9 Å². The number of fused-ring (bicyclic) bond motifs is 1. The highest BCUT2D eigenvalue weighted by Gasteiger charge is 2.56. The van der Waals surface area contributed by atoms with Crippen LogP contribution in [0.3, 0.4) is 0 Å². The molecule has 0 aliphatic carbocycles. The molecular weight excluding hydrogens is 278 g/mol. The maximum absolute atomic E-state index is 12.0. The van der Waals surface area contributed by atoms with E-state index in [-0.39, 0.29) is 17.6 Å². The minimum Gasteiger partial charge on any atom is -0.477 e. The Morgan fingerprint density at radius 2 is 2.20 bits per heavy atom. The van der Waals surface area contributed by atoms with Crippen molar-refractivity contribution in [3.8, 4) is 0 Å². The lowest BCUT2D eigenvalue weighted by Gasteiger charge is -2.44. The van der Waals surface area contributed by atoms with Crippen LogP contribution >= 0.6 is 11.8 Å². The topological polar surface area (TPSA) is 77.8 Å². The molecule has 112 valence electrons. The van der Waals surface area contributed by atoms with Crippen LogP contribution in [-0.2, 0) is 9.59 Å². The molecule has 0 radical (unpaired) electrons. The van der Waals surface area contributed by atoms with Gasteiger partial charge in [0.05, 0.1) is 18.1 Å². The SMILES string of the molecule is CCCCCSC1=C(C(=O)O)N2C(=O)C(C(C)O)C2C1. The zero-order valence-corrected chi connectivity index (χ0v) is 12.7. The molecule has 0 bridgehead atoms. The Kier molecular flexibility index (Phi) is 4.75. The van der Waals surface area contributed by atoms with Gasteiger partial charge in [-0.2, -0.15) is 0 Å². The Hall–Kier alpha value is -1.01. The van der Waals surface area contributed by atoms with Gasteiger partial charge in [0, 0.05) is 11.3 Å². The molecule has 1 amide bonds. The summed E-state index contributed by atoms with van der Waals surface area (Å²) in [7, 11) is 0. The third-order valence-electron chi connectivity index (χ3n) is 3.91. The van der Waals surface area contributed by atoms with Crippen LogP contribution in [0, 0.1) is 5.92 Å². The van der Waals surface area contributed by atoms with Crippen molar-refractivity contribution < 1.29 is 19.8 Å². The van der Waals surface area contributed by atoms with Gasteiger partial charge in [-0.15, -0.1) is 11.8 Å². The molecule has 20 heavy (non-hydrogen) atoms. The third kappa shape index (κ3) is 2.59. The van der Waals surface area contributed by atoms with Gasteiger partial charge in [-0.1, -0.05) is 19.8 Å². The number of carboxylic acids is 1. The fourth-order valence-electron chi connectivity index (χ4n) is 2.91. The van der Waals surface area contributed by atoms with Crippen LogP contribution < -0.4 is 0 Å². The van der Waals surface area contributed by atoms with Gasteiger partial charge in [-0.05, 0) is 19.1 Å². The van der Waals surface area contributed by atoms with Crippen molar-refractivity contribution in [1.82, 2.24) is 4.90 Å². The number of rotatable bonds is 7. The maximum Gasteiger partial charge on any atom is 0.353 e. The van der Waals surface area contributed by atoms with Gasteiger partial charge in [0.25, 0.3) is 0 Å². The highest BCUT2D eigenvalue weighted by molar-refractivity contribution is 8.03. The van der Waals surface area contributed by atoms with Crippen LogP contribution in [-0.4, -0.2) is 44.9 Å². The van der Waals surface area contributed by atoms with Crippen LogP contribution in [0.2, 0.25) is 0 Å². The number of carbonyl (C=O) groups is 2. The van der Waals surface area contributed by atoms with Crippen molar-refractivity contribution in [2.45, 2.75) is 51.7 Å². The minimum atomic E-state index is -1.04. The van der Waals surface area contributed by atoms with Gasteiger partial charge < -0.3 is 15.1 Å². The molecule has 1 fully saturated rings. The van der Waals surface area contributed by atoms with E-state index < -0.39 is 18.0 Å². The summed E-state index contributed by atoms with van der Waals surface area (Å²) in [4.78, 5) is 25.5. The number of nitrogens with zero attached hydrogens (tertiary/aromatic N) is 1. The summed E-state index contributed by atoms with van der Waals surface area (Å²) in [6.45, 7) is 3.72. The molecular formula is C14H21NO4S. The first-order chi connectivity index (χ1) is 9.49. The molecule has 2 rings (SSSR count). The first-order valence-electron chi connectivity index (χ1n) is 7.09. The van der Waals surface area contributed by atoms with Gasteiger partial charge in [0.15, 0.2) is 0 Å². The normalized spacial score (nSPS) is 26.6. The van der Waals surface area contributed by atoms with Crippen LogP contribution in [0.15, 0.2) is 10.6 Å². The Morgan fingerprint density at radius 3 is 2.75 bits per heavy atom. The quantitative estimate of drug-likeness (QED) is 0.554. The number of thioether (sulfide) groups is 1. The molecule has 0 saturated carbocycles. The zero-order valence-electron chi connectivity index (χ0n) is 11.8. The average Bonchev–Trinajstić information content (AvgIpc) is 2.69. The monoisotopic (exact) mass is 299 g/mol. The van der Waals surface area contributed by atoms with E-state index in [2.05, 4.69) is 6.92 Å². The molecule has 0 spiro atoms. The molecule has 3 unspecified atom stereocenters. The summed E-state index contributed by atoms with van der Waals surface area (Å²) in [6, 6.07) is -0.165. The van der Waals surface area contributed by atoms with E-state index in [4.69, 9.17) is 0 Å². The second-order valence-electron chi connectivity index (χ2n) is 5.38. The van der Waals surface area contributed by atoms with Crippen molar-refractivity contribution >= 4 is 23.6 Å². The minimum absolute atomic E-state index is 0.137. The number of aliphatic hydroxyl groups is 1. The van der Waals surface area contributed by atoms with E-state index in [1.54, 1.807) is 18.7 Å². The van der Waals surface area contributed by atoms with Gasteiger partial charge >= 0.3 is 5.97 Å². The van der Waals surface area contributed by atoms with Crippen molar-refractivity contribution in [1.29, 1.82) is 0 Å². The molecule has 0 aromatic carbocycles. The molecule has 2 heterocycles. The summed E-state index contributed by atoms with van der Waals surface area (Å²) in [5.74, 6) is -0.860. The second kappa shape index (κ2) is 6.18. The number of unbranched alkanes of at least 4 members (excludes halogenated alkanes) is 2. The predicted molar refractivity (Wildman–Crippen MR) is 77.1 cm³/mol. The number of hydrogen-bond donors (Lipinski definition) is 2. The molecule has 0 aromatic rings. The van der Waals surface area contributed by atoms with Crippen LogP contribution in [0.25, 0.3) is 0 Å². The smallest absolute Gasteiger partial charge is 0.353 e. The lowest BCUT2D eigenvalue weighted by Crippen LogP contribution is -2.61. The van der Waals surface area contributed by atoms with Crippen LogP contribution in [0.4, 0.5) is 0 Å². The van der Waals surface area contributed by atoms with Gasteiger partial charge in [-0.3, -0.25) is 4.79 Å². The number of aliphatic hydroxyl groups excluding tert-OH is 1. The van der Waals surface area contributed by atoms with E-state index in [1.807, 2.05) is 0 Å². The third-order valence-corrected chi connectivity index (χ3v) is 5.12. The highest BCUT2D eigenvalue weighted by Crippen LogP contribution is 2.47. The molecule has 2 aliphatic rings. The second-order valence-corrected chi connectivity index (χ2v) is 6.57. The Labute approximate surface area is 123 Å². The predicted octanol–water partition coefficient (Wildman–Crippen LogP) is 1.82. The molecule has 0 aromatic heterocycles. The Morgan fingerprint density at radius 1 is 1.50 bits per heavy atom. The number of β-lactam (4-membered cyclic amide) rings is 1. The lowest BCUT2D eigenvalue weighted by atomic mass is 9.83. The van der Waals surface area contributed by atoms with Gasteiger partial charge in [0.2, 0.25) is 5.91 Å². The van der Waals surface area contributed by atoms with E-state index in [0.29, 0.717) is 6.42 Å². The van der Waals surface area contributed by atoms with E-state index in [1.165, 1.54) is 4.90 Å². The molecule has 3 atom stereocenters. The van der Waals surface area contributed by atoms with E-state index >= 15 is 0 Å². The summed E-state index contributed by atoms with van der Waals surface area (Å²) in [5, 5.41) is 19.0. The first-order valence-corrected chi connectivity index (χ1v) is 8.08. The fourth-order valence-corrected chi connectivity index (χ4v) is 4.11. The molecule has 1 saturated heterocycles. The molecule has 2 N–H and O–H groups in total. The number of amides is 1.